The predicted molar refractivity (Wildman–Crippen MR) is 59.4 cm³/mol. The fourth-order valence-corrected chi connectivity index (χ4v) is 1.56. The Bertz CT molecular complexity index is 219. The molecule has 0 aromatic heterocycles. The summed E-state index contributed by atoms with van der Waals surface area (Å²) in [5.74, 6) is 0.278. The van der Waals surface area contributed by atoms with Gasteiger partial charge in [-0.2, -0.15) is 0 Å². The maximum Gasteiger partial charge on any atom is 0.223 e. The molecule has 1 aliphatic rings. The maximum atomic E-state index is 11.5. The van der Waals surface area contributed by atoms with Gasteiger partial charge in [-0.25, -0.2) is 0 Å². The minimum absolute atomic E-state index is 0.138. The van der Waals surface area contributed by atoms with E-state index in [-0.39, 0.29) is 17.9 Å². The molecule has 4 heteroatoms. The molecule has 0 aliphatic heterocycles. The molecule has 3 N–H and O–H groups in total. The van der Waals surface area contributed by atoms with Crippen molar-refractivity contribution in [3.63, 3.8) is 0 Å². The van der Waals surface area contributed by atoms with E-state index in [0.717, 1.165) is 12.8 Å². The second-order valence-corrected chi connectivity index (χ2v) is 3.98. The molecule has 1 amide bonds. The Hall–Kier alpha value is -0.870. The number of aliphatic hydroxyl groups is 1. The highest BCUT2D eigenvalue weighted by atomic mass is 16.3. The molecule has 4 nitrogen and oxygen atoms in total. The summed E-state index contributed by atoms with van der Waals surface area (Å²) in [6, 6.07) is 0. The summed E-state index contributed by atoms with van der Waals surface area (Å²) >= 11 is 0. The summed E-state index contributed by atoms with van der Waals surface area (Å²) in [4.78, 5) is 11.5. The van der Waals surface area contributed by atoms with Crippen molar-refractivity contribution in [2.45, 2.75) is 25.9 Å². The molecule has 0 fully saturated rings. The Morgan fingerprint density at radius 1 is 1.47 bits per heavy atom. The summed E-state index contributed by atoms with van der Waals surface area (Å²) in [5.41, 5.74) is 0. The smallest absolute Gasteiger partial charge is 0.223 e. The van der Waals surface area contributed by atoms with Crippen LogP contribution in [0.3, 0.4) is 0 Å². The highest BCUT2D eigenvalue weighted by Crippen LogP contribution is 2.17. The van der Waals surface area contributed by atoms with Crippen LogP contribution in [0.2, 0.25) is 0 Å². The zero-order valence-electron chi connectivity index (χ0n) is 9.20. The van der Waals surface area contributed by atoms with E-state index in [1.807, 2.05) is 0 Å². The van der Waals surface area contributed by atoms with Crippen LogP contribution < -0.4 is 10.6 Å². The van der Waals surface area contributed by atoms with Gasteiger partial charge < -0.3 is 15.7 Å². The molecular formula is C11H20N2O2. The molecule has 15 heavy (non-hydrogen) atoms. The van der Waals surface area contributed by atoms with E-state index >= 15 is 0 Å². The van der Waals surface area contributed by atoms with E-state index in [9.17, 15) is 4.79 Å². The van der Waals surface area contributed by atoms with Gasteiger partial charge in [-0.1, -0.05) is 12.2 Å². The van der Waals surface area contributed by atoms with Crippen molar-refractivity contribution in [2.75, 3.05) is 19.6 Å². The van der Waals surface area contributed by atoms with Crippen LogP contribution in [0.1, 0.15) is 19.8 Å². The van der Waals surface area contributed by atoms with Crippen molar-refractivity contribution in [1.29, 1.82) is 0 Å². The number of carbonyl (C=O) groups is 1. The van der Waals surface area contributed by atoms with Crippen LogP contribution >= 0.6 is 0 Å². The Balaban J connectivity index is 1.97. The average molecular weight is 212 g/mol. The Morgan fingerprint density at radius 2 is 2.13 bits per heavy atom. The Morgan fingerprint density at radius 3 is 2.73 bits per heavy atom. The second-order valence-electron chi connectivity index (χ2n) is 3.98. The van der Waals surface area contributed by atoms with Crippen molar-refractivity contribution in [2.24, 2.45) is 5.92 Å². The van der Waals surface area contributed by atoms with E-state index in [1.165, 1.54) is 0 Å². The summed E-state index contributed by atoms with van der Waals surface area (Å²) in [5, 5.41) is 14.9. The first-order valence-electron chi connectivity index (χ1n) is 5.51. The summed E-state index contributed by atoms with van der Waals surface area (Å²) in [6.07, 6.45) is 5.51. The lowest BCUT2D eigenvalue weighted by Crippen LogP contribution is -2.36. The monoisotopic (exact) mass is 212 g/mol. The number of aliphatic hydroxyl groups excluding tert-OH is 1. The van der Waals surface area contributed by atoms with E-state index in [4.69, 9.17) is 5.11 Å². The molecule has 0 heterocycles. The maximum absolute atomic E-state index is 11.5. The zero-order valence-corrected chi connectivity index (χ0v) is 9.20. The number of allylic oxidation sites excluding steroid dienone is 2. The van der Waals surface area contributed by atoms with Crippen LogP contribution in [0.4, 0.5) is 0 Å². The third-order valence-corrected chi connectivity index (χ3v) is 2.42. The van der Waals surface area contributed by atoms with E-state index in [0.29, 0.717) is 19.6 Å². The summed E-state index contributed by atoms with van der Waals surface area (Å²) in [7, 11) is 0. The molecule has 1 aliphatic carbocycles. The fraction of sp³-hybridized carbons (Fsp3) is 0.727. The van der Waals surface area contributed by atoms with Gasteiger partial charge in [0.1, 0.15) is 0 Å². The van der Waals surface area contributed by atoms with Crippen molar-refractivity contribution < 1.29 is 9.90 Å². The van der Waals surface area contributed by atoms with Crippen molar-refractivity contribution in [3.8, 4) is 0 Å². The number of carbonyl (C=O) groups excluding carboxylic acids is 1. The minimum Gasteiger partial charge on any atom is -0.392 e. The number of rotatable bonds is 6. The average Bonchev–Trinajstić information content (AvgIpc) is 2.69. The van der Waals surface area contributed by atoms with Crippen LogP contribution in [0.5, 0.6) is 0 Å². The normalized spacial score (nSPS) is 18.0. The molecule has 0 saturated heterocycles. The highest BCUT2D eigenvalue weighted by molar-refractivity contribution is 5.79. The first-order valence-corrected chi connectivity index (χ1v) is 5.51. The molecule has 0 aromatic rings. The Kier molecular flexibility index (Phi) is 5.36. The molecule has 1 atom stereocenters. The fourth-order valence-electron chi connectivity index (χ4n) is 1.56. The number of hydrogen-bond acceptors (Lipinski definition) is 3. The lowest BCUT2D eigenvalue weighted by Gasteiger charge is -2.11. The van der Waals surface area contributed by atoms with Crippen LogP contribution in [0.15, 0.2) is 12.2 Å². The van der Waals surface area contributed by atoms with Gasteiger partial charge >= 0.3 is 0 Å². The van der Waals surface area contributed by atoms with Crippen LogP contribution in [-0.4, -0.2) is 36.8 Å². The Labute approximate surface area is 90.7 Å². The van der Waals surface area contributed by atoms with Gasteiger partial charge in [0.25, 0.3) is 0 Å². The van der Waals surface area contributed by atoms with Gasteiger partial charge in [-0.05, 0) is 19.8 Å². The van der Waals surface area contributed by atoms with Crippen LogP contribution in [0, 0.1) is 5.92 Å². The minimum atomic E-state index is -0.334. The van der Waals surface area contributed by atoms with Crippen LogP contribution in [-0.2, 0) is 4.79 Å². The number of hydrogen-bond donors (Lipinski definition) is 3. The molecule has 0 radical (unpaired) electrons. The van der Waals surface area contributed by atoms with Gasteiger partial charge in [0.15, 0.2) is 0 Å². The van der Waals surface area contributed by atoms with Gasteiger partial charge in [-0.15, -0.1) is 0 Å². The molecule has 86 valence electrons. The molecule has 0 bridgehead atoms. The van der Waals surface area contributed by atoms with Gasteiger partial charge in [0, 0.05) is 25.6 Å². The molecule has 1 rings (SSSR count). The predicted octanol–water partition coefficient (Wildman–Crippen LogP) is 0.0392. The molecule has 0 spiro atoms. The van der Waals surface area contributed by atoms with E-state index < -0.39 is 0 Å². The largest absolute Gasteiger partial charge is 0.392 e. The van der Waals surface area contributed by atoms with Gasteiger partial charge in [0.05, 0.1) is 6.10 Å². The molecular weight excluding hydrogens is 192 g/mol. The van der Waals surface area contributed by atoms with Crippen molar-refractivity contribution >= 4 is 5.91 Å². The third kappa shape index (κ3) is 4.95. The van der Waals surface area contributed by atoms with Gasteiger partial charge in [-0.3, -0.25) is 4.79 Å². The highest BCUT2D eigenvalue weighted by Gasteiger charge is 2.17. The van der Waals surface area contributed by atoms with Crippen molar-refractivity contribution in [3.05, 3.63) is 12.2 Å². The SMILES string of the molecule is CC(O)CNCCNC(=O)C1CC=CC1. The lowest BCUT2D eigenvalue weighted by atomic mass is 10.1. The first kappa shape index (κ1) is 12.2. The first-order chi connectivity index (χ1) is 7.20. The quantitative estimate of drug-likeness (QED) is 0.430. The zero-order chi connectivity index (χ0) is 11.1. The van der Waals surface area contributed by atoms with Crippen molar-refractivity contribution in [1.82, 2.24) is 10.6 Å². The summed E-state index contributed by atoms with van der Waals surface area (Å²) < 4.78 is 0. The lowest BCUT2D eigenvalue weighted by molar-refractivity contribution is -0.124. The molecule has 1 unspecified atom stereocenters. The van der Waals surface area contributed by atoms with Gasteiger partial charge in [0.2, 0.25) is 5.91 Å². The second kappa shape index (κ2) is 6.58. The third-order valence-electron chi connectivity index (χ3n) is 2.42. The van der Waals surface area contributed by atoms with Crippen LogP contribution in [0.25, 0.3) is 0 Å². The standard InChI is InChI=1S/C11H20N2O2/c1-9(14)8-12-6-7-13-11(15)10-4-2-3-5-10/h2-3,9-10,12,14H,4-8H2,1H3,(H,13,15). The van der Waals surface area contributed by atoms with E-state index in [1.54, 1.807) is 6.92 Å². The molecule has 0 saturated carbocycles. The number of amides is 1. The van der Waals surface area contributed by atoms with E-state index in [2.05, 4.69) is 22.8 Å². The summed E-state index contributed by atoms with van der Waals surface area (Å²) in [6.45, 7) is 3.63. The number of nitrogens with one attached hydrogen (secondary N) is 2. The topological polar surface area (TPSA) is 61.4 Å². The molecule has 0 aromatic carbocycles.